The van der Waals surface area contributed by atoms with Crippen LogP contribution in [0.2, 0.25) is 0 Å². The number of aryl methyl sites for hydroxylation is 2. The first-order valence-corrected chi connectivity index (χ1v) is 5.86. The number of nitrogens with one attached hydrogen (secondary N) is 1. The Kier molecular flexibility index (Phi) is 3.18. The highest BCUT2D eigenvalue weighted by atomic mass is 16.5. The van der Waals surface area contributed by atoms with Crippen LogP contribution < -0.4 is 0 Å². The fourth-order valence-electron chi connectivity index (χ4n) is 2.13. The number of rotatable bonds is 3. The monoisotopic (exact) mass is 231 g/mol. The molecule has 1 N–H and O–H groups in total. The average molecular weight is 231 g/mol. The van der Waals surface area contributed by atoms with Crippen LogP contribution in [0.5, 0.6) is 0 Å². The number of aromatic amines is 1. The van der Waals surface area contributed by atoms with Gasteiger partial charge in [-0.15, -0.1) is 0 Å². The normalized spacial score (nSPS) is 10.8. The first-order chi connectivity index (χ1) is 8.13. The number of carbonyl (C=O) groups is 1. The van der Waals surface area contributed by atoms with Gasteiger partial charge in [-0.1, -0.05) is 18.2 Å². The summed E-state index contributed by atoms with van der Waals surface area (Å²) in [6.07, 6.45) is 0.336. The van der Waals surface area contributed by atoms with Crippen molar-refractivity contribution in [1.82, 2.24) is 4.98 Å². The first-order valence-electron chi connectivity index (χ1n) is 5.86. The highest BCUT2D eigenvalue weighted by Gasteiger charge is 2.13. The molecule has 0 saturated heterocycles. The molecule has 0 aliphatic carbocycles. The van der Waals surface area contributed by atoms with Crippen LogP contribution in [0.1, 0.15) is 23.7 Å². The minimum atomic E-state index is -0.169. The summed E-state index contributed by atoms with van der Waals surface area (Å²) in [5, 5.41) is 1.12. The fraction of sp³-hybridized carbons (Fsp3) is 0.357. The summed E-state index contributed by atoms with van der Waals surface area (Å²) in [6, 6.07) is 6.12. The largest absolute Gasteiger partial charge is 0.466 e. The smallest absolute Gasteiger partial charge is 0.310 e. The molecule has 0 unspecified atom stereocenters. The molecule has 0 fully saturated rings. The van der Waals surface area contributed by atoms with Gasteiger partial charge in [0.15, 0.2) is 0 Å². The van der Waals surface area contributed by atoms with E-state index in [4.69, 9.17) is 4.74 Å². The molecule has 0 aliphatic rings. The van der Waals surface area contributed by atoms with Gasteiger partial charge >= 0.3 is 5.97 Å². The van der Waals surface area contributed by atoms with Crippen molar-refractivity contribution in [2.75, 3.05) is 6.61 Å². The molecule has 17 heavy (non-hydrogen) atoms. The third-order valence-corrected chi connectivity index (χ3v) is 2.99. The van der Waals surface area contributed by atoms with E-state index in [1.54, 1.807) is 0 Å². The van der Waals surface area contributed by atoms with Gasteiger partial charge in [0.25, 0.3) is 0 Å². The lowest BCUT2D eigenvalue weighted by molar-refractivity contribution is -0.142. The summed E-state index contributed by atoms with van der Waals surface area (Å²) in [4.78, 5) is 14.9. The van der Waals surface area contributed by atoms with Crippen LogP contribution in [0, 0.1) is 13.8 Å². The van der Waals surface area contributed by atoms with Crippen LogP contribution in [0.4, 0.5) is 0 Å². The number of esters is 1. The Hall–Kier alpha value is -1.77. The molecule has 1 heterocycles. The van der Waals surface area contributed by atoms with Gasteiger partial charge in [-0.25, -0.2) is 0 Å². The maximum atomic E-state index is 11.6. The number of hydrogen-bond donors (Lipinski definition) is 1. The second-order valence-electron chi connectivity index (χ2n) is 4.21. The van der Waals surface area contributed by atoms with E-state index in [1.807, 2.05) is 26.0 Å². The number of para-hydroxylation sites is 1. The molecule has 0 spiro atoms. The number of aromatic nitrogens is 1. The molecule has 0 radical (unpaired) electrons. The second-order valence-corrected chi connectivity index (χ2v) is 4.21. The number of H-pyrrole nitrogens is 1. The number of hydrogen-bond acceptors (Lipinski definition) is 2. The highest BCUT2D eigenvalue weighted by Crippen LogP contribution is 2.25. The molecule has 2 aromatic rings. The Morgan fingerprint density at radius 3 is 2.82 bits per heavy atom. The Labute approximate surface area is 101 Å². The molecular formula is C14H17NO2. The topological polar surface area (TPSA) is 42.1 Å². The molecule has 2 rings (SSSR count). The summed E-state index contributed by atoms with van der Waals surface area (Å²) in [5.74, 6) is -0.169. The molecule has 0 saturated carbocycles. The van der Waals surface area contributed by atoms with Gasteiger partial charge in [0, 0.05) is 16.6 Å². The third kappa shape index (κ3) is 2.18. The van der Waals surface area contributed by atoms with Gasteiger partial charge < -0.3 is 9.72 Å². The molecule has 0 bridgehead atoms. The van der Waals surface area contributed by atoms with E-state index in [1.165, 1.54) is 5.56 Å². The number of carbonyl (C=O) groups excluding carboxylic acids is 1. The summed E-state index contributed by atoms with van der Waals surface area (Å²) in [5.41, 5.74) is 4.40. The van der Waals surface area contributed by atoms with Crippen molar-refractivity contribution in [3.05, 3.63) is 35.0 Å². The van der Waals surface area contributed by atoms with Crippen molar-refractivity contribution in [2.24, 2.45) is 0 Å². The number of fused-ring (bicyclic) bond motifs is 1. The van der Waals surface area contributed by atoms with Gasteiger partial charge in [-0.3, -0.25) is 4.79 Å². The van der Waals surface area contributed by atoms with Crippen molar-refractivity contribution in [1.29, 1.82) is 0 Å². The molecule has 90 valence electrons. The summed E-state index contributed by atoms with van der Waals surface area (Å²) in [7, 11) is 0. The number of ether oxygens (including phenoxy) is 1. The lowest BCUT2D eigenvalue weighted by Crippen LogP contribution is -2.07. The van der Waals surface area contributed by atoms with E-state index in [0.717, 1.165) is 22.2 Å². The summed E-state index contributed by atoms with van der Waals surface area (Å²) in [6.45, 7) is 6.31. The van der Waals surface area contributed by atoms with Crippen LogP contribution in [0.25, 0.3) is 10.9 Å². The average Bonchev–Trinajstić information content (AvgIpc) is 2.58. The Morgan fingerprint density at radius 2 is 2.12 bits per heavy atom. The quantitative estimate of drug-likeness (QED) is 0.825. The summed E-state index contributed by atoms with van der Waals surface area (Å²) < 4.78 is 5.00. The minimum Gasteiger partial charge on any atom is -0.466 e. The van der Waals surface area contributed by atoms with E-state index >= 15 is 0 Å². The van der Waals surface area contributed by atoms with E-state index in [9.17, 15) is 4.79 Å². The lowest BCUT2D eigenvalue weighted by atomic mass is 10.1. The van der Waals surface area contributed by atoms with E-state index in [2.05, 4.69) is 18.0 Å². The zero-order valence-electron chi connectivity index (χ0n) is 10.5. The molecule has 1 aromatic carbocycles. The Bertz CT molecular complexity index is 555. The van der Waals surface area contributed by atoms with Crippen LogP contribution in [-0.2, 0) is 16.0 Å². The molecular weight excluding hydrogens is 214 g/mol. The molecule has 1 aromatic heterocycles. The highest BCUT2D eigenvalue weighted by molar-refractivity contribution is 5.90. The Balaban J connectivity index is 2.43. The zero-order chi connectivity index (χ0) is 12.4. The van der Waals surface area contributed by atoms with Gasteiger partial charge in [-0.2, -0.15) is 0 Å². The van der Waals surface area contributed by atoms with Crippen molar-refractivity contribution in [3.8, 4) is 0 Å². The van der Waals surface area contributed by atoms with Crippen molar-refractivity contribution in [3.63, 3.8) is 0 Å². The van der Waals surface area contributed by atoms with Gasteiger partial charge in [0.2, 0.25) is 0 Å². The summed E-state index contributed by atoms with van der Waals surface area (Å²) >= 11 is 0. The molecule has 0 aliphatic heterocycles. The maximum absolute atomic E-state index is 11.6. The van der Waals surface area contributed by atoms with Crippen molar-refractivity contribution >= 4 is 16.9 Å². The van der Waals surface area contributed by atoms with Gasteiger partial charge in [0.05, 0.1) is 13.0 Å². The first kappa shape index (κ1) is 11.7. The zero-order valence-corrected chi connectivity index (χ0v) is 10.5. The van der Waals surface area contributed by atoms with Crippen LogP contribution >= 0.6 is 0 Å². The molecule has 3 heteroatoms. The standard InChI is InChI=1S/C14H17NO2/c1-4-17-13(16)8-12-10(3)15-14-9(2)6-5-7-11(12)14/h5-7,15H,4,8H2,1-3H3. The van der Waals surface area contributed by atoms with Gasteiger partial charge in [-0.05, 0) is 31.9 Å². The second kappa shape index (κ2) is 4.62. The van der Waals surface area contributed by atoms with Crippen LogP contribution in [0.15, 0.2) is 18.2 Å². The van der Waals surface area contributed by atoms with E-state index < -0.39 is 0 Å². The van der Waals surface area contributed by atoms with E-state index in [0.29, 0.717) is 13.0 Å². The minimum absolute atomic E-state index is 0.169. The van der Waals surface area contributed by atoms with Crippen molar-refractivity contribution < 1.29 is 9.53 Å². The molecule has 3 nitrogen and oxygen atoms in total. The predicted octanol–water partition coefficient (Wildman–Crippen LogP) is 2.89. The predicted molar refractivity (Wildman–Crippen MR) is 68.1 cm³/mol. The SMILES string of the molecule is CCOC(=O)Cc1c(C)[nH]c2c(C)cccc12. The van der Waals surface area contributed by atoms with Crippen molar-refractivity contribution in [2.45, 2.75) is 27.2 Å². The molecule has 0 amide bonds. The third-order valence-electron chi connectivity index (χ3n) is 2.99. The van der Waals surface area contributed by atoms with Crippen LogP contribution in [-0.4, -0.2) is 17.6 Å². The van der Waals surface area contributed by atoms with E-state index in [-0.39, 0.29) is 5.97 Å². The maximum Gasteiger partial charge on any atom is 0.310 e. The number of benzene rings is 1. The van der Waals surface area contributed by atoms with Gasteiger partial charge in [0.1, 0.15) is 0 Å². The van der Waals surface area contributed by atoms with Crippen LogP contribution in [0.3, 0.4) is 0 Å². The fourth-order valence-corrected chi connectivity index (χ4v) is 2.13. The Morgan fingerprint density at radius 1 is 1.35 bits per heavy atom. The molecule has 0 atom stereocenters. The lowest BCUT2D eigenvalue weighted by Gasteiger charge is -2.02.